The van der Waals surface area contributed by atoms with E-state index in [0.29, 0.717) is 30.8 Å². The van der Waals surface area contributed by atoms with Crippen LogP contribution in [-0.2, 0) is 17.9 Å². The molecule has 3 aromatic rings. The number of rotatable bonds is 7. The molecule has 1 saturated heterocycles. The molecular weight excluding hydrogens is 606 g/mol. The van der Waals surface area contributed by atoms with Gasteiger partial charge in [0.15, 0.2) is 0 Å². The molecule has 8 nitrogen and oxygen atoms in total. The number of imide groups is 1. The van der Waals surface area contributed by atoms with Crippen LogP contribution in [-0.4, -0.2) is 21.8 Å². The number of non-ortho nitro benzene ring substituents is 1. The predicted molar refractivity (Wildman–Crippen MR) is 138 cm³/mol. The van der Waals surface area contributed by atoms with Crippen LogP contribution in [0.25, 0.3) is 6.08 Å². The topological polar surface area (TPSA) is 102 Å². The van der Waals surface area contributed by atoms with Crippen molar-refractivity contribution in [3.8, 4) is 5.75 Å². The number of halogens is 3. The van der Waals surface area contributed by atoms with E-state index in [9.17, 15) is 19.7 Å². The predicted octanol–water partition coefficient (Wildman–Crippen LogP) is 6.45. The third-order valence-corrected chi connectivity index (χ3v) is 6.48. The van der Waals surface area contributed by atoms with Crippen LogP contribution in [0.4, 0.5) is 10.5 Å². The van der Waals surface area contributed by atoms with Crippen molar-refractivity contribution in [2.45, 2.75) is 13.2 Å². The molecule has 35 heavy (non-hydrogen) atoms. The zero-order valence-electron chi connectivity index (χ0n) is 17.8. The van der Waals surface area contributed by atoms with Crippen molar-refractivity contribution in [1.82, 2.24) is 10.2 Å². The van der Waals surface area contributed by atoms with E-state index in [1.807, 2.05) is 0 Å². The molecule has 1 heterocycles. The molecule has 4 rings (SSSR count). The lowest BCUT2D eigenvalue weighted by Crippen LogP contribution is -2.30. The lowest BCUT2D eigenvalue weighted by atomic mass is 10.1. The number of amides is 3. The summed E-state index contributed by atoms with van der Waals surface area (Å²) in [5, 5.41) is 14.1. The van der Waals surface area contributed by atoms with E-state index in [-0.39, 0.29) is 24.5 Å². The quantitative estimate of drug-likeness (QED) is 0.142. The molecule has 1 aliphatic heterocycles. The van der Waals surface area contributed by atoms with Gasteiger partial charge in [0, 0.05) is 17.2 Å². The van der Waals surface area contributed by atoms with E-state index >= 15 is 0 Å². The molecule has 0 spiro atoms. The van der Waals surface area contributed by atoms with E-state index in [4.69, 9.17) is 16.3 Å². The second-order valence-electron chi connectivity index (χ2n) is 7.54. The summed E-state index contributed by atoms with van der Waals surface area (Å²) >= 11 is 12.8. The Bertz CT molecular complexity index is 1340. The van der Waals surface area contributed by atoms with Gasteiger partial charge in [-0.2, -0.15) is 0 Å². The van der Waals surface area contributed by atoms with Crippen molar-refractivity contribution in [3.05, 3.63) is 107 Å². The summed E-state index contributed by atoms with van der Waals surface area (Å²) in [6, 6.07) is 16.1. The van der Waals surface area contributed by atoms with E-state index in [1.165, 1.54) is 12.1 Å². The van der Waals surface area contributed by atoms with Crippen LogP contribution in [0, 0.1) is 10.1 Å². The van der Waals surface area contributed by atoms with Crippen molar-refractivity contribution < 1.29 is 19.2 Å². The zero-order chi connectivity index (χ0) is 25.1. The van der Waals surface area contributed by atoms with Gasteiger partial charge in [-0.05, 0) is 78.9 Å². The summed E-state index contributed by atoms with van der Waals surface area (Å²) in [6.45, 7) is 0.241. The highest BCUT2D eigenvalue weighted by Gasteiger charge is 2.33. The zero-order valence-corrected chi connectivity index (χ0v) is 21.8. The van der Waals surface area contributed by atoms with Crippen LogP contribution in [0.3, 0.4) is 0 Å². The minimum Gasteiger partial charge on any atom is -0.487 e. The molecule has 3 aromatic carbocycles. The van der Waals surface area contributed by atoms with E-state index in [1.54, 1.807) is 54.6 Å². The van der Waals surface area contributed by atoms with Crippen molar-refractivity contribution in [2.75, 3.05) is 0 Å². The van der Waals surface area contributed by atoms with E-state index in [0.717, 1.165) is 10.5 Å². The Morgan fingerprint density at radius 2 is 1.71 bits per heavy atom. The van der Waals surface area contributed by atoms with E-state index in [2.05, 4.69) is 37.2 Å². The fourth-order valence-electron chi connectivity index (χ4n) is 3.37. The van der Waals surface area contributed by atoms with Gasteiger partial charge in [0.05, 0.1) is 20.4 Å². The largest absolute Gasteiger partial charge is 0.487 e. The van der Waals surface area contributed by atoms with Gasteiger partial charge < -0.3 is 10.1 Å². The first-order valence-corrected chi connectivity index (χ1v) is 12.1. The van der Waals surface area contributed by atoms with Gasteiger partial charge in [-0.1, -0.05) is 35.9 Å². The van der Waals surface area contributed by atoms with Crippen molar-refractivity contribution in [3.63, 3.8) is 0 Å². The van der Waals surface area contributed by atoms with Gasteiger partial charge in [0.25, 0.3) is 11.6 Å². The number of nitro benzene ring substituents is 1. The molecule has 11 heteroatoms. The summed E-state index contributed by atoms with van der Waals surface area (Å²) in [7, 11) is 0. The maximum Gasteiger partial charge on any atom is 0.329 e. The second kappa shape index (κ2) is 10.6. The van der Waals surface area contributed by atoms with Crippen molar-refractivity contribution in [2.24, 2.45) is 0 Å². The number of hydrogen-bond acceptors (Lipinski definition) is 5. The maximum atomic E-state index is 12.8. The number of carbonyl (C=O) groups excluding carboxylic acids is 2. The number of urea groups is 1. The molecule has 0 aliphatic carbocycles. The van der Waals surface area contributed by atoms with Gasteiger partial charge in [-0.25, -0.2) is 4.79 Å². The third kappa shape index (κ3) is 5.90. The standard InChI is InChI=1S/C24H16Br2ClN3O5/c25-19-9-16(10-20(26)22(19)35-13-15-2-1-3-18(8-15)30(33)34)11-21-23(31)29(24(32)28-21)12-14-4-6-17(27)7-5-14/h1-11H,12-13H2,(H,28,32)/b21-11-. The number of nitro groups is 1. The summed E-state index contributed by atoms with van der Waals surface area (Å²) < 4.78 is 7.04. The van der Waals surface area contributed by atoms with E-state index < -0.39 is 16.9 Å². The molecule has 0 bridgehead atoms. The minimum atomic E-state index is -0.508. The number of carbonyl (C=O) groups is 2. The number of hydrogen-bond donors (Lipinski definition) is 1. The molecule has 0 aromatic heterocycles. The minimum absolute atomic E-state index is 0.0143. The van der Waals surface area contributed by atoms with Crippen LogP contribution >= 0.6 is 43.5 Å². The monoisotopic (exact) mass is 619 g/mol. The highest BCUT2D eigenvalue weighted by atomic mass is 79.9. The smallest absolute Gasteiger partial charge is 0.329 e. The normalized spacial score (nSPS) is 14.4. The molecule has 0 atom stereocenters. The molecule has 1 fully saturated rings. The molecule has 1 aliphatic rings. The molecule has 0 unspecified atom stereocenters. The maximum absolute atomic E-state index is 12.8. The Labute approximate surface area is 221 Å². The number of nitrogens with zero attached hydrogens (tertiary/aromatic N) is 2. The average molecular weight is 622 g/mol. The average Bonchev–Trinajstić information content (AvgIpc) is 3.07. The number of nitrogens with one attached hydrogen (secondary N) is 1. The fourth-order valence-corrected chi connectivity index (χ4v) is 4.95. The second-order valence-corrected chi connectivity index (χ2v) is 9.68. The van der Waals surface area contributed by atoms with Gasteiger partial charge >= 0.3 is 6.03 Å². The molecule has 0 radical (unpaired) electrons. The Morgan fingerprint density at radius 3 is 2.37 bits per heavy atom. The summed E-state index contributed by atoms with van der Waals surface area (Å²) in [6.07, 6.45) is 1.57. The Balaban J connectivity index is 1.49. The van der Waals surface area contributed by atoms with Crippen LogP contribution in [0.15, 0.2) is 75.3 Å². The SMILES string of the molecule is O=C1N/C(=C\c2cc(Br)c(OCc3cccc([N+](=O)[O-])c3)c(Br)c2)C(=O)N1Cc1ccc(Cl)cc1. The highest BCUT2D eigenvalue weighted by Crippen LogP contribution is 2.36. The summed E-state index contributed by atoms with van der Waals surface area (Å²) in [5.41, 5.74) is 2.19. The van der Waals surface area contributed by atoms with Crippen molar-refractivity contribution in [1.29, 1.82) is 0 Å². The Morgan fingerprint density at radius 1 is 1.03 bits per heavy atom. The van der Waals surface area contributed by atoms with Gasteiger partial charge in [-0.3, -0.25) is 19.8 Å². The molecule has 0 saturated carbocycles. The fraction of sp³-hybridized carbons (Fsp3) is 0.0833. The van der Waals surface area contributed by atoms with Gasteiger partial charge in [0.2, 0.25) is 0 Å². The van der Waals surface area contributed by atoms with Crippen LogP contribution in [0.2, 0.25) is 5.02 Å². The van der Waals surface area contributed by atoms with Gasteiger partial charge in [-0.15, -0.1) is 0 Å². The molecule has 178 valence electrons. The molecule has 3 amide bonds. The third-order valence-electron chi connectivity index (χ3n) is 5.05. The molecule has 1 N–H and O–H groups in total. The first-order valence-electron chi connectivity index (χ1n) is 10.2. The highest BCUT2D eigenvalue weighted by molar-refractivity contribution is 9.11. The molecular formula is C24H16Br2ClN3O5. The number of benzene rings is 3. The number of ether oxygens (including phenoxy) is 1. The first kappa shape index (κ1) is 24.9. The lowest BCUT2D eigenvalue weighted by molar-refractivity contribution is -0.384. The Kier molecular flexibility index (Phi) is 7.54. The van der Waals surface area contributed by atoms with Gasteiger partial charge in [0.1, 0.15) is 18.1 Å². The van der Waals surface area contributed by atoms with Crippen molar-refractivity contribution >= 4 is 67.2 Å². The van der Waals surface area contributed by atoms with Crippen LogP contribution in [0.5, 0.6) is 5.75 Å². The summed E-state index contributed by atoms with van der Waals surface area (Å²) in [4.78, 5) is 36.8. The van der Waals surface area contributed by atoms with Crippen LogP contribution < -0.4 is 10.1 Å². The van der Waals surface area contributed by atoms with Crippen LogP contribution in [0.1, 0.15) is 16.7 Å². The first-order chi connectivity index (χ1) is 16.7. The summed E-state index contributed by atoms with van der Waals surface area (Å²) in [5.74, 6) is 0.0491. The lowest BCUT2D eigenvalue weighted by Gasteiger charge is -2.12. The Hall–Kier alpha value is -3.21.